The molecule has 23 heteroatoms. The number of carbonyl (C=O) groups is 6. The van der Waals surface area contributed by atoms with Gasteiger partial charge in [-0.2, -0.15) is 10.2 Å². The number of benzene rings is 3. The second kappa shape index (κ2) is 33.3. The number of rotatable bonds is 17. The molecule has 9 N–H and O–H groups in total. The van der Waals surface area contributed by atoms with Gasteiger partial charge in [-0.1, -0.05) is 130 Å². The number of nitrogens with two attached hydrogens (primary N) is 2. The predicted octanol–water partition coefficient (Wildman–Crippen LogP) is 9.21. The lowest BCUT2D eigenvalue weighted by Gasteiger charge is -2.37. The van der Waals surface area contributed by atoms with Crippen LogP contribution < -0.4 is 38.4 Å². The summed E-state index contributed by atoms with van der Waals surface area (Å²) in [6, 6.07) is 21.4. The summed E-state index contributed by atoms with van der Waals surface area (Å²) in [5.74, 6) is 10.8. The molecule has 2 aliphatic heterocycles. The first-order valence-corrected chi connectivity index (χ1v) is 31.1. The summed E-state index contributed by atoms with van der Waals surface area (Å²) in [4.78, 5) is 91.8. The maximum Gasteiger partial charge on any atom is 0.408 e. The van der Waals surface area contributed by atoms with E-state index < -0.39 is 88.2 Å². The highest BCUT2D eigenvalue weighted by Crippen LogP contribution is 2.31. The smallest absolute Gasteiger partial charge is 0.408 e. The van der Waals surface area contributed by atoms with Crippen LogP contribution in [0.2, 0.25) is 0 Å². The van der Waals surface area contributed by atoms with Crippen molar-refractivity contribution in [2.45, 2.75) is 194 Å². The van der Waals surface area contributed by atoms with Gasteiger partial charge in [0.25, 0.3) is 11.8 Å². The first kappa shape index (κ1) is 72.5. The molecule has 0 aliphatic carbocycles. The summed E-state index contributed by atoms with van der Waals surface area (Å²) >= 11 is 2.73. The van der Waals surface area contributed by atoms with Gasteiger partial charge in [0.1, 0.15) is 23.3 Å². The van der Waals surface area contributed by atoms with Crippen LogP contribution in [0.15, 0.2) is 105 Å². The molecule has 0 aromatic heterocycles. The van der Waals surface area contributed by atoms with Gasteiger partial charge in [-0.25, -0.2) is 15.4 Å². The quantitative estimate of drug-likeness (QED) is 0.0166. The van der Waals surface area contributed by atoms with E-state index in [-0.39, 0.29) is 48.3 Å². The van der Waals surface area contributed by atoms with Crippen LogP contribution >= 0.6 is 23.5 Å². The summed E-state index contributed by atoms with van der Waals surface area (Å²) in [6.45, 7) is 32.9. The minimum Gasteiger partial charge on any atom is -0.444 e. The molecule has 2 fully saturated rings. The minimum absolute atomic E-state index is 0.0664. The first-order valence-electron chi connectivity index (χ1n) is 29.4. The molecule has 2 saturated heterocycles. The van der Waals surface area contributed by atoms with E-state index in [0.717, 1.165) is 16.2 Å². The van der Waals surface area contributed by atoms with E-state index in [1.165, 1.54) is 34.6 Å². The number of hydrogen-bond donors (Lipinski definition) is 7. The number of amidine groups is 2. The third-order valence-corrected chi connectivity index (χ3v) is 15.1. The molecule has 0 radical (unpaired) electrons. The van der Waals surface area contributed by atoms with Crippen molar-refractivity contribution in [1.29, 1.82) is 0 Å². The first-order chi connectivity index (χ1) is 39.8. The van der Waals surface area contributed by atoms with Gasteiger partial charge in [0.15, 0.2) is 5.17 Å². The lowest BCUT2D eigenvalue weighted by Crippen LogP contribution is -2.58. The lowest BCUT2D eigenvalue weighted by molar-refractivity contribution is -0.138. The second-order valence-corrected chi connectivity index (χ2v) is 26.7. The number of hydrogen-bond acceptors (Lipinski definition) is 15. The number of ether oxygens (including phenoxy) is 2. The van der Waals surface area contributed by atoms with Gasteiger partial charge < -0.3 is 56.7 Å². The largest absolute Gasteiger partial charge is 0.444 e. The van der Waals surface area contributed by atoms with Crippen LogP contribution in [0, 0.1) is 10.8 Å². The standard InChI is InChI=1S/C58H87N13O8S2.2C2H6/c1-15-29-61-67-52(81-44-27-20-17-21-28-44)68(14)35-41-31-39(33-69(41)49(74)45(55(2,3)4)64-53(76)78-57(8,9)10)62-47(72)37-23-22-24-38(30-37)48(73)63-40-32-42(36-71(60)51(66-59)80-43-25-18-16-19-26-43)70(34-40)50(75)46(56(5,6)7)65-54(77)79-58(11,12)13;2*1-2/h16-28,30,39-42,45-46,61H,15,29,31-36,59-60H2,1-14H3,(H,62,72)(H,63,73)(H,64,76)(H,65,77);2*1-2H3/b66-51+,67-52+;;/t39?,40-,41?,42-,45+,46?;;/m0../s1. The Morgan fingerprint density at radius 3 is 1.40 bits per heavy atom. The van der Waals surface area contributed by atoms with Gasteiger partial charge in [0.2, 0.25) is 17.0 Å². The molecule has 2 heterocycles. The maximum absolute atomic E-state index is 14.9. The SMILES string of the molecule is CC.CC.CCCN/N=C(/Sc1ccccc1)N(C)CC1CC(NC(=O)c2cccc(C(=O)N[C@H]3C[C@@H](CN(N)/C(=N\N)Sc4ccccc4)N(C(=O)C(NC(=O)OC(C)(C)C)C(C)(C)C)C3)c2)CN1C(=O)[C@@H](NC(=O)OC(C)(C)C)C(C)(C)C. The molecule has 6 amide bonds. The molecular formula is C62H99N13O8S2. The average Bonchev–Trinajstić information content (AvgIpc) is 2.27. The number of amides is 6. The molecular weight excluding hydrogens is 1120 g/mol. The number of likely N-dealkylation sites (tertiary alicyclic amines) is 2. The molecule has 5 rings (SSSR count). The Bertz CT molecular complexity index is 2690. The average molecular weight is 1220 g/mol. The number of alkyl carbamates (subject to hydrolysis) is 2. The highest BCUT2D eigenvalue weighted by atomic mass is 32.2. The fourth-order valence-corrected chi connectivity index (χ4v) is 10.8. The van der Waals surface area contributed by atoms with Gasteiger partial charge in [0.05, 0.1) is 18.6 Å². The van der Waals surface area contributed by atoms with Crippen molar-refractivity contribution in [2.24, 2.45) is 32.7 Å². The van der Waals surface area contributed by atoms with Crippen molar-refractivity contribution >= 4 is 69.7 Å². The van der Waals surface area contributed by atoms with Crippen LogP contribution in [0.4, 0.5) is 9.59 Å². The summed E-state index contributed by atoms with van der Waals surface area (Å²) in [7, 11) is 1.91. The van der Waals surface area contributed by atoms with E-state index >= 15 is 0 Å². The molecule has 6 atom stereocenters. The van der Waals surface area contributed by atoms with E-state index in [9.17, 15) is 28.8 Å². The fourth-order valence-electron chi connectivity index (χ4n) is 9.22. The van der Waals surface area contributed by atoms with Gasteiger partial charge in [-0.3, -0.25) is 24.2 Å². The summed E-state index contributed by atoms with van der Waals surface area (Å²) in [5, 5.41) is 22.9. The summed E-state index contributed by atoms with van der Waals surface area (Å²) < 4.78 is 11.2. The number of hydrazone groups is 2. The maximum atomic E-state index is 14.9. The van der Waals surface area contributed by atoms with E-state index in [1.807, 2.05) is 142 Å². The third-order valence-electron chi connectivity index (χ3n) is 13.0. The Morgan fingerprint density at radius 2 is 1.02 bits per heavy atom. The molecule has 21 nitrogen and oxygen atoms in total. The number of likely N-dealkylation sites (N-methyl/N-ethyl adjacent to an activating group) is 1. The summed E-state index contributed by atoms with van der Waals surface area (Å²) in [6.07, 6.45) is 0.0260. The Balaban J connectivity index is 0.00000463. The zero-order chi connectivity index (χ0) is 64.0. The Morgan fingerprint density at radius 1 is 0.624 bits per heavy atom. The number of nitrogens with one attached hydrogen (secondary N) is 5. The number of nitrogens with zero attached hydrogens (tertiary/aromatic N) is 6. The minimum atomic E-state index is -1.03. The zero-order valence-electron chi connectivity index (χ0n) is 53.6. The molecule has 2 aliphatic rings. The van der Waals surface area contributed by atoms with Crippen LogP contribution in [0.25, 0.3) is 0 Å². The van der Waals surface area contributed by atoms with Crippen molar-refractivity contribution in [2.75, 3.05) is 39.8 Å². The lowest BCUT2D eigenvalue weighted by atomic mass is 9.85. The molecule has 0 saturated carbocycles. The third kappa shape index (κ3) is 23.6. The zero-order valence-corrected chi connectivity index (χ0v) is 55.3. The van der Waals surface area contributed by atoms with Crippen molar-refractivity contribution in [3.05, 3.63) is 96.1 Å². The molecule has 0 spiro atoms. The number of hydrazine groups is 1. The molecule has 3 aromatic rings. The van der Waals surface area contributed by atoms with Crippen molar-refractivity contribution in [3.63, 3.8) is 0 Å². The van der Waals surface area contributed by atoms with Gasteiger partial charge in [-0.05, 0) is 126 Å². The summed E-state index contributed by atoms with van der Waals surface area (Å²) in [5.41, 5.74) is 0.444. The van der Waals surface area contributed by atoms with Gasteiger partial charge in [-0.15, -0.1) is 0 Å². The fraction of sp³-hybridized carbons (Fsp3) is 0.581. The van der Waals surface area contributed by atoms with Crippen molar-refractivity contribution in [1.82, 2.24) is 46.4 Å². The predicted molar refractivity (Wildman–Crippen MR) is 343 cm³/mol. The van der Waals surface area contributed by atoms with Crippen molar-refractivity contribution < 1.29 is 38.2 Å². The van der Waals surface area contributed by atoms with E-state index in [1.54, 1.807) is 69.5 Å². The van der Waals surface area contributed by atoms with Crippen LogP contribution in [0.3, 0.4) is 0 Å². The topological polar surface area (TPSA) is 271 Å². The van der Waals surface area contributed by atoms with Crippen LogP contribution in [0.5, 0.6) is 0 Å². The Kier molecular flexibility index (Phi) is 28.4. The van der Waals surface area contributed by atoms with E-state index in [0.29, 0.717) is 24.7 Å². The van der Waals surface area contributed by atoms with Crippen LogP contribution in [0.1, 0.15) is 158 Å². The molecule has 0 bridgehead atoms. The Labute approximate surface area is 514 Å². The van der Waals surface area contributed by atoms with Gasteiger partial charge >= 0.3 is 12.2 Å². The van der Waals surface area contributed by atoms with E-state index in [2.05, 4.69) is 38.7 Å². The number of thioether (sulfide) groups is 2. The van der Waals surface area contributed by atoms with Gasteiger partial charge in [0, 0.05) is 66.2 Å². The molecule has 3 unspecified atom stereocenters. The highest BCUT2D eigenvalue weighted by molar-refractivity contribution is 8.14. The number of carbonyl (C=O) groups excluding carboxylic acids is 6. The normalized spacial score (nSPS) is 18.0. The molecule has 3 aromatic carbocycles. The Hall–Kier alpha value is -6.72. The van der Waals surface area contributed by atoms with Crippen molar-refractivity contribution in [3.8, 4) is 0 Å². The molecule has 472 valence electrons. The monoisotopic (exact) mass is 1220 g/mol. The van der Waals surface area contributed by atoms with Crippen LogP contribution in [-0.4, -0.2) is 153 Å². The molecule has 85 heavy (non-hydrogen) atoms. The second-order valence-electron chi connectivity index (χ2n) is 24.6. The van der Waals surface area contributed by atoms with Crippen LogP contribution in [-0.2, 0) is 19.1 Å². The highest BCUT2D eigenvalue weighted by Gasteiger charge is 2.46. The van der Waals surface area contributed by atoms with E-state index in [4.69, 9.17) is 26.3 Å².